The number of aliphatic hydroxyl groups excluding tert-OH is 1. The molecular weight excluding hydrogens is 202 g/mol. The van der Waals surface area contributed by atoms with Gasteiger partial charge in [-0.25, -0.2) is 4.79 Å². The lowest BCUT2D eigenvalue weighted by Crippen LogP contribution is -2.07. The summed E-state index contributed by atoms with van der Waals surface area (Å²) in [5, 5.41) is 7.99. The zero-order valence-electron chi connectivity index (χ0n) is 9.36. The van der Waals surface area contributed by atoms with Crippen molar-refractivity contribution in [1.82, 2.24) is 0 Å². The number of aliphatic hydroxyl groups is 1. The molecule has 0 rings (SSSR count). The lowest BCUT2D eigenvalue weighted by Gasteiger charge is -1.93. The molecule has 0 aliphatic heterocycles. The van der Waals surface area contributed by atoms with Crippen LogP contribution in [-0.4, -0.2) is 44.4 Å². The van der Waals surface area contributed by atoms with Crippen LogP contribution in [0, 0.1) is 0 Å². The molecule has 90 valence electrons. The molecule has 6 heteroatoms. The van der Waals surface area contributed by atoms with Crippen LogP contribution in [0.15, 0.2) is 12.7 Å². The molecule has 0 spiro atoms. The molecule has 0 unspecified atom stereocenters. The molecule has 0 bridgehead atoms. The van der Waals surface area contributed by atoms with Gasteiger partial charge in [-0.1, -0.05) is 6.58 Å². The van der Waals surface area contributed by atoms with E-state index in [0.717, 1.165) is 6.08 Å². The predicted molar refractivity (Wildman–Crippen MR) is 56.0 cm³/mol. The van der Waals surface area contributed by atoms with Crippen LogP contribution in [0.25, 0.3) is 0 Å². The molecule has 3 N–H and O–H groups in total. The Bertz CT molecular complexity index is 170. The van der Waals surface area contributed by atoms with Crippen LogP contribution in [0.4, 0.5) is 0 Å². The number of ether oxygens (including phenoxy) is 2. The van der Waals surface area contributed by atoms with Gasteiger partial charge in [-0.2, -0.15) is 0 Å². The number of rotatable bonds is 3. The zero-order chi connectivity index (χ0) is 12.7. The van der Waals surface area contributed by atoms with Crippen molar-refractivity contribution in [2.45, 2.75) is 6.92 Å². The van der Waals surface area contributed by atoms with Crippen LogP contribution < -0.4 is 5.73 Å². The first-order chi connectivity index (χ1) is 6.99. The molecule has 15 heavy (non-hydrogen) atoms. The highest BCUT2D eigenvalue weighted by Crippen LogP contribution is 1.71. The lowest BCUT2D eigenvalue weighted by molar-refractivity contribution is -0.146. The molecule has 0 atom stereocenters. The minimum absolute atomic E-state index is 0.333. The van der Waals surface area contributed by atoms with Gasteiger partial charge in [-0.15, -0.1) is 0 Å². The average Bonchev–Trinajstić information content (AvgIpc) is 2.20. The second kappa shape index (κ2) is 18.4. The normalized spacial score (nSPS) is 7.20. The Morgan fingerprint density at radius 1 is 1.47 bits per heavy atom. The Morgan fingerprint density at radius 3 is 1.87 bits per heavy atom. The smallest absolute Gasteiger partial charge is 0.331 e. The molecule has 0 radical (unpaired) electrons. The van der Waals surface area contributed by atoms with Crippen LogP contribution in [0.3, 0.4) is 0 Å². The maximum Gasteiger partial charge on any atom is 0.331 e. The molecule has 0 aromatic carbocycles. The summed E-state index contributed by atoms with van der Waals surface area (Å²) < 4.78 is 8.55. The second-order valence-electron chi connectivity index (χ2n) is 1.98. The van der Waals surface area contributed by atoms with Gasteiger partial charge in [-0.3, -0.25) is 4.79 Å². The summed E-state index contributed by atoms with van der Waals surface area (Å²) in [6.45, 7) is 4.59. The minimum Gasteiger partial charge on any atom is -0.464 e. The molecule has 0 heterocycles. The molecule has 0 aliphatic carbocycles. The van der Waals surface area contributed by atoms with E-state index in [2.05, 4.69) is 21.8 Å². The number of primary amides is 1. The molecule has 6 nitrogen and oxygen atoms in total. The van der Waals surface area contributed by atoms with Crippen LogP contribution in [0.1, 0.15) is 6.92 Å². The zero-order valence-corrected chi connectivity index (χ0v) is 9.36. The van der Waals surface area contributed by atoms with Gasteiger partial charge in [0, 0.05) is 14.2 Å². The fourth-order valence-corrected chi connectivity index (χ4v) is 0.207. The van der Waals surface area contributed by atoms with E-state index in [4.69, 9.17) is 5.11 Å². The minimum atomic E-state index is -0.567. The van der Waals surface area contributed by atoms with Crippen LogP contribution in [0.2, 0.25) is 0 Å². The first-order valence-corrected chi connectivity index (χ1v) is 4.08. The van der Waals surface area contributed by atoms with Gasteiger partial charge < -0.3 is 20.3 Å². The molecule has 0 aliphatic rings. The highest BCUT2D eigenvalue weighted by molar-refractivity contribution is 5.84. The van der Waals surface area contributed by atoms with Crippen LogP contribution >= 0.6 is 0 Å². The number of nitrogens with two attached hydrogens (primary N) is 1. The highest BCUT2D eigenvalue weighted by Gasteiger charge is 1.92. The largest absolute Gasteiger partial charge is 0.464 e. The van der Waals surface area contributed by atoms with Crippen molar-refractivity contribution in [2.24, 2.45) is 5.73 Å². The number of methoxy groups -OCH3 is 1. The lowest BCUT2D eigenvalue weighted by atomic mass is 10.6. The topological polar surface area (TPSA) is 98.9 Å². The molecule has 0 aromatic heterocycles. The monoisotopic (exact) mass is 221 g/mol. The summed E-state index contributed by atoms with van der Waals surface area (Å²) in [5.74, 6) is -1.05. The number of hydrogen-bond acceptors (Lipinski definition) is 5. The Kier molecular flexibility index (Phi) is 23.6. The summed E-state index contributed by atoms with van der Waals surface area (Å²) in [6, 6.07) is 0. The Hall–Kier alpha value is -1.40. The summed E-state index contributed by atoms with van der Waals surface area (Å²) in [6.07, 6.45) is 1.06. The van der Waals surface area contributed by atoms with Crippen molar-refractivity contribution in [2.75, 3.05) is 27.4 Å². The van der Waals surface area contributed by atoms with E-state index in [9.17, 15) is 9.59 Å². The van der Waals surface area contributed by atoms with E-state index in [1.807, 2.05) is 0 Å². The Balaban J connectivity index is -0.000000158. The first kappa shape index (κ1) is 19.2. The van der Waals surface area contributed by atoms with Gasteiger partial charge >= 0.3 is 5.97 Å². The van der Waals surface area contributed by atoms with E-state index >= 15 is 0 Å². The summed E-state index contributed by atoms with van der Waals surface area (Å²) in [4.78, 5) is 19.4. The third-order valence-electron chi connectivity index (χ3n) is 0.636. The molecular formula is C9H19NO5. The maximum atomic E-state index is 9.94. The number of carbonyl (C=O) groups is 2. The maximum absolute atomic E-state index is 9.94. The fraction of sp³-hybridized carbons (Fsp3) is 0.556. The molecule has 0 saturated heterocycles. The van der Waals surface area contributed by atoms with Crippen molar-refractivity contribution in [1.29, 1.82) is 0 Å². The Morgan fingerprint density at radius 2 is 1.80 bits per heavy atom. The van der Waals surface area contributed by atoms with Crippen molar-refractivity contribution >= 4 is 11.9 Å². The highest BCUT2D eigenvalue weighted by atomic mass is 16.5. The van der Waals surface area contributed by atoms with Gasteiger partial charge in [-0.05, 0) is 13.0 Å². The number of esters is 1. The summed E-state index contributed by atoms with van der Waals surface area (Å²) >= 11 is 0. The van der Waals surface area contributed by atoms with Crippen molar-refractivity contribution in [3.05, 3.63) is 12.7 Å². The summed E-state index contributed by atoms with van der Waals surface area (Å²) in [7, 11) is 3.25. The predicted octanol–water partition coefficient (Wildman–Crippen LogP) is -0.538. The van der Waals surface area contributed by atoms with Crippen LogP contribution in [0.5, 0.6) is 0 Å². The van der Waals surface area contributed by atoms with Gasteiger partial charge in [0.25, 0.3) is 0 Å². The van der Waals surface area contributed by atoms with Crippen LogP contribution in [-0.2, 0) is 19.1 Å². The fourth-order valence-electron chi connectivity index (χ4n) is 0.207. The van der Waals surface area contributed by atoms with Gasteiger partial charge in [0.05, 0.1) is 6.61 Å². The van der Waals surface area contributed by atoms with E-state index in [1.165, 1.54) is 0 Å². The van der Waals surface area contributed by atoms with E-state index < -0.39 is 18.5 Å². The molecule has 0 fully saturated rings. The van der Waals surface area contributed by atoms with Crippen molar-refractivity contribution in [3.8, 4) is 0 Å². The number of carbonyl (C=O) groups excluding carboxylic acids is 2. The Labute approximate surface area is 89.7 Å². The third kappa shape index (κ3) is 45.1. The van der Waals surface area contributed by atoms with Crippen molar-refractivity contribution in [3.63, 3.8) is 0 Å². The van der Waals surface area contributed by atoms with E-state index in [1.54, 1.807) is 21.1 Å². The van der Waals surface area contributed by atoms with Gasteiger partial charge in [0.1, 0.15) is 6.61 Å². The second-order valence-corrected chi connectivity index (χ2v) is 1.98. The van der Waals surface area contributed by atoms with E-state index in [0.29, 0.717) is 6.61 Å². The SMILES string of the molecule is C=CC(N)=O.CCOC(=O)CO.COC. The third-order valence-corrected chi connectivity index (χ3v) is 0.636. The van der Waals surface area contributed by atoms with E-state index in [-0.39, 0.29) is 0 Å². The standard InChI is InChI=1S/C4H8O3.C3H5NO.C2H6O/c1-2-7-4(6)3-5;1-2-3(4)5;1-3-2/h5H,2-3H2,1H3;2H,1H2,(H2,4,5);1-2H3. The van der Waals surface area contributed by atoms with Gasteiger partial charge in [0.2, 0.25) is 5.91 Å². The number of amides is 1. The molecule has 1 amide bonds. The van der Waals surface area contributed by atoms with Gasteiger partial charge in [0.15, 0.2) is 0 Å². The average molecular weight is 221 g/mol. The first-order valence-electron chi connectivity index (χ1n) is 4.08. The molecule has 0 aromatic rings. The summed E-state index contributed by atoms with van der Waals surface area (Å²) in [5.41, 5.74) is 4.53. The quantitative estimate of drug-likeness (QED) is 0.492. The number of hydrogen-bond donors (Lipinski definition) is 2. The molecule has 0 saturated carbocycles. The van der Waals surface area contributed by atoms with Crippen molar-refractivity contribution < 1.29 is 24.2 Å².